The maximum absolute atomic E-state index is 9.74. The Bertz CT molecular complexity index is 672. The fraction of sp³-hybridized carbons (Fsp3) is 0.643. The monoisotopic (exact) mass is 307 g/mol. The van der Waals surface area contributed by atoms with E-state index in [1.807, 2.05) is 11.5 Å². The summed E-state index contributed by atoms with van der Waals surface area (Å²) in [5.74, 6) is 0.737. The maximum Gasteiger partial charge on any atom is 0.247 e. The number of aromatic nitrogens is 4. The lowest BCUT2D eigenvalue weighted by molar-refractivity contribution is -0.0573. The van der Waals surface area contributed by atoms with Gasteiger partial charge < -0.3 is 20.3 Å². The van der Waals surface area contributed by atoms with Crippen LogP contribution in [-0.4, -0.2) is 43.4 Å². The van der Waals surface area contributed by atoms with Gasteiger partial charge in [-0.2, -0.15) is 9.97 Å². The highest BCUT2D eigenvalue weighted by Gasteiger charge is 2.36. The Balaban J connectivity index is 2.01. The lowest BCUT2D eigenvalue weighted by Crippen LogP contribution is -2.22. The average Bonchev–Trinajstić information content (AvgIpc) is 3.02. The number of ether oxygens (including phenoxy) is 2. The molecule has 4 atom stereocenters. The van der Waals surface area contributed by atoms with Crippen molar-refractivity contribution in [3.05, 3.63) is 6.33 Å². The van der Waals surface area contributed by atoms with E-state index in [2.05, 4.69) is 21.9 Å². The SMILES string of the molecule is CCOc1nc(N)nc2c1ncn2C1O[C@H]([C@H](C)O)C[C@@H]1C. The van der Waals surface area contributed by atoms with E-state index in [1.165, 1.54) is 0 Å². The lowest BCUT2D eigenvalue weighted by Gasteiger charge is -2.18. The zero-order chi connectivity index (χ0) is 15.9. The van der Waals surface area contributed by atoms with Crippen LogP contribution in [0.15, 0.2) is 6.33 Å². The molecule has 1 unspecified atom stereocenters. The highest BCUT2D eigenvalue weighted by Crippen LogP contribution is 2.37. The van der Waals surface area contributed by atoms with Crippen LogP contribution >= 0.6 is 0 Å². The topological polar surface area (TPSA) is 108 Å². The van der Waals surface area contributed by atoms with E-state index < -0.39 is 6.10 Å². The summed E-state index contributed by atoms with van der Waals surface area (Å²) in [6.45, 7) is 6.15. The minimum absolute atomic E-state index is 0.135. The van der Waals surface area contributed by atoms with Gasteiger partial charge in [0.25, 0.3) is 0 Å². The van der Waals surface area contributed by atoms with E-state index in [0.717, 1.165) is 6.42 Å². The third-order valence-electron chi connectivity index (χ3n) is 3.91. The van der Waals surface area contributed by atoms with Gasteiger partial charge in [-0.05, 0) is 20.3 Å². The first-order chi connectivity index (χ1) is 10.5. The van der Waals surface area contributed by atoms with Crippen LogP contribution in [0.4, 0.5) is 5.95 Å². The summed E-state index contributed by atoms with van der Waals surface area (Å²) < 4.78 is 13.3. The number of rotatable bonds is 4. The van der Waals surface area contributed by atoms with E-state index in [-0.39, 0.29) is 24.2 Å². The Hall–Kier alpha value is -1.93. The van der Waals surface area contributed by atoms with Gasteiger partial charge in [0.05, 0.1) is 25.1 Å². The second-order valence-corrected chi connectivity index (χ2v) is 5.66. The minimum Gasteiger partial charge on any atom is -0.476 e. The first-order valence-corrected chi connectivity index (χ1v) is 7.47. The minimum atomic E-state index is -0.513. The zero-order valence-electron chi connectivity index (χ0n) is 12.9. The molecule has 0 spiro atoms. The smallest absolute Gasteiger partial charge is 0.247 e. The predicted molar refractivity (Wildman–Crippen MR) is 80.3 cm³/mol. The van der Waals surface area contributed by atoms with E-state index >= 15 is 0 Å². The molecule has 8 nitrogen and oxygen atoms in total. The molecule has 0 bridgehead atoms. The molecule has 0 aliphatic carbocycles. The molecule has 3 heterocycles. The number of hydrogen-bond donors (Lipinski definition) is 2. The van der Waals surface area contributed by atoms with Crippen molar-refractivity contribution < 1.29 is 14.6 Å². The molecule has 2 aromatic heterocycles. The molecule has 0 radical (unpaired) electrons. The standard InChI is InChI=1S/C14H21N5O3/c1-4-21-12-10-11(17-14(15)18-12)19(6-16-10)13-7(2)5-9(22-13)8(3)20/h6-9,13,20H,4-5H2,1-3H3,(H2,15,17,18)/t7-,8-,9-,13?/m0/s1. The molecule has 0 aromatic carbocycles. The van der Waals surface area contributed by atoms with Crippen LogP contribution in [0, 0.1) is 5.92 Å². The summed E-state index contributed by atoms with van der Waals surface area (Å²) in [5, 5.41) is 9.74. The summed E-state index contributed by atoms with van der Waals surface area (Å²) in [4.78, 5) is 12.7. The van der Waals surface area contributed by atoms with Crippen molar-refractivity contribution in [2.45, 2.75) is 45.6 Å². The van der Waals surface area contributed by atoms with E-state index in [4.69, 9.17) is 15.2 Å². The van der Waals surface area contributed by atoms with Gasteiger partial charge in [-0.15, -0.1) is 0 Å². The third-order valence-corrected chi connectivity index (χ3v) is 3.91. The molecule has 120 valence electrons. The Labute approximate surface area is 128 Å². The van der Waals surface area contributed by atoms with Crippen LogP contribution in [0.1, 0.15) is 33.4 Å². The number of nitrogens with two attached hydrogens (primary N) is 1. The van der Waals surface area contributed by atoms with E-state index in [1.54, 1.807) is 13.3 Å². The molecule has 1 fully saturated rings. The number of aliphatic hydroxyl groups excluding tert-OH is 1. The van der Waals surface area contributed by atoms with Gasteiger partial charge in [0, 0.05) is 5.92 Å². The fourth-order valence-corrected chi connectivity index (χ4v) is 2.83. The molecule has 0 amide bonds. The van der Waals surface area contributed by atoms with Crippen LogP contribution in [-0.2, 0) is 4.74 Å². The van der Waals surface area contributed by atoms with Gasteiger partial charge in [0.15, 0.2) is 11.2 Å². The van der Waals surface area contributed by atoms with Crippen molar-refractivity contribution in [1.82, 2.24) is 19.5 Å². The zero-order valence-corrected chi connectivity index (χ0v) is 12.9. The molecule has 1 saturated heterocycles. The fourth-order valence-electron chi connectivity index (χ4n) is 2.83. The molecule has 0 saturated carbocycles. The van der Waals surface area contributed by atoms with Crippen molar-refractivity contribution in [2.75, 3.05) is 12.3 Å². The Morgan fingerprint density at radius 1 is 1.55 bits per heavy atom. The second kappa shape index (κ2) is 5.69. The number of fused-ring (bicyclic) bond motifs is 1. The van der Waals surface area contributed by atoms with Gasteiger partial charge in [-0.1, -0.05) is 6.92 Å². The molecule has 1 aliphatic rings. The Morgan fingerprint density at radius 3 is 2.95 bits per heavy atom. The molecule has 3 rings (SSSR count). The Kier molecular flexibility index (Phi) is 3.88. The summed E-state index contributed by atoms with van der Waals surface area (Å²) in [6.07, 6.45) is 1.49. The molecule has 8 heteroatoms. The van der Waals surface area contributed by atoms with Crippen LogP contribution in [0.3, 0.4) is 0 Å². The summed E-state index contributed by atoms with van der Waals surface area (Å²) >= 11 is 0. The van der Waals surface area contributed by atoms with Crippen molar-refractivity contribution in [3.63, 3.8) is 0 Å². The largest absolute Gasteiger partial charge is 0.476 e. The van der Waals surface area contributed by atoms with Crippen LogP contribution < -0.4 is 10.5 Å². The third kappa shape index (κ3) is 2.48. The highest BCUT2D eigenvalue weighted by atomic mass is 16.5. The van der Waals surface area contributed by atoms with Gasteiger partial charge in [-0.25, -0.2) is 4.98 Å². The molecule has 2 aromatic rings. The van der Waals surface area contributed by atoms with Crippen molar-refractivity contribution in [3.8, 4) is 5.88 Å². The Morgan fingerprint density at radius 2 is 2.32 bits per heavy atom. The van der Waals surface area contributed by atoms with Crippen molar-refractivity contribution >= 4 is 17.1 Å². The average molecular weight is 307 g/mol. The van der Waals surface area contributed by atoms with Gasteiger partial charge in [-0.3, -0.25) is 4.57 Å². The molecular formula is C14H21N5O3. The number of nitrogen functional groups attached to an aromatic ring is 1. The second-order valence-electron chi connectivity index (χ2n) is 5.66. The lowest BCUT2D eigenvalue weighted by atomic mass is 10.0. The number of aliphatic hydroxyl groups is 1. The van der Waals surface area contributed by atoms with Crippen LogP contribution in [0.25, 0.3) is 11.2 Å². The maximum atomic E-state index is 9.74. The van der Waals surface area contributed by atoms with Gasteiger partial charge in [0.2, 0.25) is 11.8 Å². The molecule has 3 N–H and O–H groups in total. The normalized spacial score (nSPS) is 26.5. The quantitative estimate of drug-likeness (QED) is 0.871. The summed E-state index contributed by atoms with van der Waals surface area (Å²) in [6, 6.07) is 0. The first-order valence-electron chi connectivity index (χ1n) is 7.47. The summed E-state index contributed by atoms with van der Waals surface area (Å²) in [5.41, 5.74) is 6.91. The highest BCUT2D eigenvalue weighted by molar-refractivity contribution is 5.77. The van der Waals surface area contributed by atoms with E-state index in [9.17, 15) is 5.11 Å². The number of nitrogens with zero attached hydrogens (tertiary/aromatic N) is 4. The van der Waals surface area contributed by atoms with Crippen LogP contribution in [0.5, 0.6) is 5.88 Å². The van der Waals surface area contributed by atoms with E-state index in [0.29, 0.717) is 23.7 Å². The van der Waals surface area contributed by atoms with Gasteiger partial charge in [0.1, 0.15) is 6.23 Å². The molecular weight excluding hydrogens is 286 g/mol. The number of hydrogen-bond acceptors (Lipinski definition) is 7. The number of anilines is 1. The first kappa shape index (κ1) is 15.0. The van der Waals surface area contributed by atoms with Crippen molar-refractivity contribution in [1.29, 1.82) is 0 Å². The molecule has 22 heavy (non-hydrogen) atoms. The number of imidazole rings is 1. The van der Waals surface area contributed by atoms with Crippen molar-refractivity contribution in [2.24, 2.45) is 5.92 Å². The predicted octanol–water partition coefficient (Wildman–Crippen LogP) is 1.11. The molecule has 1 aliphatic heterocycles. The van der Waals surface area contributed by atoms with Crippen LogP contribution in [0.2, 0.25) is 0 Å². The summed E-state index contributed by atoms with van der Waals surface area (Å²) in [7, 11) is 0. The van der Waals surface area contributed by atoms with Gasteiger partial charge >= 0.3 is 0 Å².